The first kappa shape index (κ1) is 21.0. The van der Waals surface area contributed by atoms with Gasteiger partial charge in [-0.2, -0.15) is 0 Å². The molecule has 1 heteroatoms. The predicted octanol–water partition coefficient (Wildman–Crippen LogP) is 6.99. The van der Waals surface area contributed by atoms with Gasteiger partial charge in [0.25, 0.3) is 0 Å². The molecular formula is C20H43N. The van der Waals surface area contributed by atoms with Crippen LogP contribution >= 0.6 is 0 Å². The van der Waals surface area contributed by atoms with Crippen molar-refractivity contribution in [2.75, 3.05) is 0 Å². The average molecular weight is 298 g/mol. The summed E-state index contributed by atoms with van der Waals surface area (Å²) in [5, 5.41) is 0. The van der Waals surface area contributed by atoms with E-state index in [9.17, 15) is 0 Å². The Hall–Kier alpha value is -0.0400. The lowest BCUT2D eigenvalue weighted by Crippen LogP contribution is -2.19. The van der Waals surface area contributed by atoms with Crippen LogP contribution in [0.5, 0.6) is 0 Å². The average Bonchev–Trinajstić information content (AvgIpc) is 2.49. The molecule has 0 spiro atoms. The van der Waals surface area contributed by atoms with Crippen molar-refractivity contribution in [2.45, 2.75) is 129 Å². The highest BCUT2D eigenvalue weighted by molar-refractivity contribution is 4.61. The standard InChI is InChI=1S/C20H43N/c1-3-5-7-9-10-11-12-13-15-17-19-20(21)18-16-14-8-6-4-2/h20H,3-19,21H2,1-2H3. The molecule has 0 amide bonds. The summed E-state index contributed by atoms with van der Waals surface area (Å²) in [5.41, 5.74) is 6.20. The number of nitrogens with two attached hydrogens (primary N) is 1. The van der Waals surface area contributed by atoms with Gasteiger partial charge in [-0.25, -0.2) is 0 Å². The first-order valence-corrected chi connectivity index (χ1v) is 10.1. The predicted molar refractivity (Wildman–Crippen MR) is 97.8 cm³/mol. The molecule has 0 aliphatic heterocycles. The molecule has 1 unspecified atom stereocenters. The van der Waals surface area contributed by atoms with Crippen molar-refractivity contribution in [1.29, 1.82) is 0 Å². The van der Waals surface area contributed by atoms with Crippen molar-refractivity contribution < 1.29 is 0 Å². The fourth-order valence-corrected chi connectivity index (χ4v) is 3.05. The molecule has 0 bridgehead atoms. The van der Waals surface area contributed by atoms with E-state index in [0.29, 0.717) is 6.04 Å². The molecule has 0 aromatic heterocycles. The second-order valence-corrected chi connectivity index (χ2v) is 6.93. The molecule has 0 aromatic carbocycles. The van der Waals surface area contributed by atoms with Crippen molar-refractivity contribution in [1.82, 2.24) is 0 Å². The molecule has 0 aliphatic rings. The fourth-order valence-electron chi connectivity index (χ4n) is 3.05. The minimum absolute atomic E-state index is 0.473. The fraction of sp³-hybridized carbons (Fsp3) is 1.00. The van der Waals surface area contributed by atoms with E-state index in [1.54, 1.807) is 0 Å². The van der Waals surface area contributed by atoms with Crippen LogP contribution in [0, 0.1) is 0 Å². The number of hydrogen-bond donors (Lipinski definition) is 1. The zero-order valence-corrected chi connectivity index (χ0v) is 15.2. The van der Waals surface area contributed by atoms with Crippen LogP contribution < -0.4 is 5.73 Å². The number of unbranched alkanes of at least 4 members (excludes halogenated alkanes) is 13. The van der Waals surface area contributed by atoms with E-state index in [0.717, 1.165) is 0 Å². The van der Waals surface area contributed by atoms with Crippen LogP contribution in [-0.2, 0) is 0 Å². The van der Waals surface area contributed by atoms with Crippen molar-refractivity contribution in [2.24, 2.45) is 5.73 Å². The Labute approximate surface area is 135 Å². The van der Waals surface area contributed by atoms with Crippen LogP contribution in [0.2, 0.25) is 0 Å². The van der Waals surface area contributed by atoms with E-state index in [4.69, 9.17) is 5.73 Å². The number of rotatable bonds is 17. The van der Waals surface area contributed by atoms with Gasteiger partial charge in [-0.1, -0.05) is 110 Å². The maximum atomic E-state index is 6.20. The number of hydrogen-bond acceptors (Lipinski definition) is 1. The van der Waals surface area contributed by atoms with E-state index >= 15 is 0 Å². The second kappa shape index (κ2) is 18.0. The summed E-state index contributed by atoms with van der Waals surface area (Å²) in [7, 11) is 0. The lowest BCUT2D eigenvalue weighted by atomic mass is 10.0. The summed E-state index contributed by atoms with van der Waals surface area (Å²) in [6.45, 7) is 4.56. The molecule has 0 radical (unpaired) electrons. The normalized spacial score (nSPS) is 12.7. The smallest absolute Gasteiger partial charge is 0.00388 e. The molecule has 2 N–H and O–H groups in total. The molecule has 0 fully saturated rings. The third-order valence-corrected chi connectivity index (χ3v) is 4.61. The summed E-state index contributed by atoms with van der Waals surface area (Å²) in [4.78, 5) is 0. The van der Waals surface area contributed by atoms with Crippen LogP contribution in [0.3, 0.4) is 0 Å². The summed E-state index contributed by atoms with van der Waals surface area (Å²) in [6.07, 6.45) is 23.6. The topological polar surface area (TPSA) is 26.0 Å². The minimum Gasteiger partial charge on any atom is -0.328 e. The van der Waals surface area contributed by atoms with Gasteiger partial charge in [0.1, 0.15) is 0 Å². The van der Waals surface area contributed by atoms with Crippen molar-refractivity contribution in [3.05, 3.63) is 0 Å². The molecule has 0 saturated heterocycles. The molecule has 128 valence electrons. The molecule has 1 atom stereocenters. The van der Waals surface area contributed by atoms with Gasteiger partial charge >= 0.3 is 0 Å². The third kappa shape index (κ3) is 17.9. The van der Waals surface area contributed by atoms with Gasteiger partial charge in [-0.3, -0.25) is 0 Å². The Morgan fingerprint density at radius 1 is 0.476 bits per heavy atom. The van der Waals surface area contributed by atoms with Gasteiger partial charge in [-0.05, 0) is 12.8 Å². The quantitative estimate of drug-likeness (QED) is 0.288. The zero-order chi connectivity index (χ0) is 15.6. The Kier molecular flexibility index (Phi) is 18.0. The minimum atomic E-state index is 0.473. The van der Waals surface area contributed by atoms with E-state index in [2.05, 4.69) is 13.8 Å². The first-order valence-electron chi connectivity index (χ1n) is 10.1. The maximum absolute atomic E-state index is 6.20. The van der Waals surface area contributed by atoms with Gasteiger partial charge in [0.15, 0.2) is 0 Å². The molecular weight excluding hydrogens is 254 g/mol. The molecule has 0 aromatic rings. The van der Waals surface area contributed by atoms with Gasteiger partial charge < -0.3 is 5.73 Å². The van der Waals surface area contributed by atoms with Crippen LogP contribution in [0.15, 0.2) is 0 Å². The van der Waals surface area contributed by atoms with Gasteiger partial charge in [0.05, 0.1) is 0 Å². The summed E-state index contributed by atoms with van der Waals surface area (Å²) < 4.78 is 0. The van der Waals surface area contributed by atoms with Gasteiger partial charge in [0.2, 0.25) is 0 Å². The van der Waals surface area contributed by atoms with E-state index < -0.39 is 0 Å². The monoisotopic (exact) mass is 297 g/mol. The van der Waals surface area contributed by atoms with E-state index in [1.165, 1.54) is 109 Å². The SMILES string of the molecule is CCCCCCCCCCCCC(N)CCCCCCC. The van der Waals surface area contributed by atoms with Crippen LogP contribution in [0.1, 0.15) is 123 Å². The highest BCUT2D eigenvalue weighted by Gasteiger charge is 2.02. The molecule has 0 rings (SSSR count). The summed E-state index contributed by atoms with van der Waals surface area (Å²) in [6, 6.07) is 0.473. The Bertz CT molecular complexity index is 179. The van der Waals surface area contributed by atoms with Crippen molar-refractivity contribution in [3.8, 4) is 0 Å². The summed E-state index contributed by atoms with van der Waals surface area (Å²) in [5.74, 6) is 0. The maximum Gasteiger partial charge on any atom is 0.00388 e. The highest BCUT2D eigenvalue weighted by Crippen LogP contribution is 2.13. The molecule has 0 aliphatic carbocycles. The Balaban J connectivity index is 3.09. The lowest BCUT2D eigenvalue weighted by molar-refractivity contribution is 0.482. The summed E-state index contributed by atoms with van der Waals surface area (Å²) >= 11 is 0. The Morgan fingerprint density at radius 2 is 0.762 bits per heavy atom. The van der Waals surface area contributed by atoms with Crippen LogP contribution in [0.4, 0.5) is 0 Å². The van der Waals surface area contributed by atoms with Gasteiger partial charge in [-0.15, -0.1) is 0 Å². The molecule has 0 saturated carbocycles. The van der Waals surface area contributed by atoms with Crippen LogP contribution in [-0.4, -0.2) is 6.04 Å². The third-order valence-electron chi connectivity index (χ3n) is 4.61. The molecule has 0 heterocycles. The Morgan fingerprint density at radius 3 is 1.10 bits per heavy atom. The van der Waals surface area contributed by atoms with E-state index in [-0.39, 0.29) is 0 Å². The molecule has 21 heavy (non-hydrogen) atoms. The van der Waals surface area contributed by atoms with Crippen molar-refractivity contribution >= 4 is 0 Å². The molecule has 1 nitrogen and oxygen atoms in total. The van der Waals surface area contributed by atoms with E-state index in [1.807, 2.05) is 0 Å². The van der Waals surface area contributed by atoms with Crippen molar-refractivity contribution in [3.63, 3.8) is 0 Å². The van der Waals surface area contributed by atoms with Gasteiger partial charge in [0, 0.05) is 6.04 Å². The second-order valence-electron chi connectivity index (χ2n) is 6.93. The van der Waals surface area contributed by atoms with Crippen LogP contribution in [0.25, 0.3) is 0 Å². The zero-order valence-electron chi connectivity index (χ0n) is 15.2. The first-order chi connectivity index (χ1) is 10.3. The highest BCUT2D eigenvalue weighted by atomic mass is 14.6. The lowest BCUT2D eigenvalue weighted by Gasteiger charge is -2.11. The largest absolute Gasteiger partial charge is 0.328 e.